The van der Waals surface area contributed by atoms with Crippen LogP contribution in [0.2, 0.25) is 0 Å². The lowest BCUT2D eigenvalue weighted by Crippen LogP contribution is -2.12. The van der Waals surface area contributed by atoms with Crippen LogP contribution in [0.4, 0.5) is 13.2 Å². The third-order valence-corrected chi connectivity index (χ3v) is 1.77. The minimum atomic E-state index is -4.49. The average molecular weight is 233 g/mol. The first-order chi connectivity index (χ1) is 7.34. The summed E-state index contributed by atoms with van der Waals surface area (Å²) in [6.45, 7) is 3.05. The van der Waals surface area contributed by atoms with Gasteiger partial charge in [0.2, 0.25) is 0 Å². The number of carbonyl (C=O) groups is 1. The van der Waals surface area contributed by atoms with E-state index in [0.717, 1.165) is 6.07 Å². The normalized spacial score (nSPS) is 11.3. The second kappa shape index (κ2) is 4.51. The molecule has 0 aliphatic carbocycles. The minimum absolute atomic E-state index is 0.0931. The standard InChI is InChI=1S/C10H10F3NO2/c1-3-16-9(15)8-5-7(10(11,12)13)4-6(2)14-8/h4-5H,3H2,1-2H3. The third-order valence-electron chi connectivity index (χ3n) is 1.77. The first-order valence-electron chi connectivity index (χ1n) is 4.57. The van der Waals surface area contributed by atoms with Crippen molar-refractivity contribution in [2.24, 2.45) is 0 Å². The monoisotopic (exact) mass is 233 g/mol. The van der Waals surface area contributed by atoms with Crippen molar-refractivity contribution >= 4 is 5.97 Å². The van der Waals surface area contributed by atoms with E-state index in [-0.39, 0.29) is 18.0 Å². The fourth-order valence-corrected chi connectivity index (χ4v) is 1.14. The van der Waals surface area contributed by atoms with Crippen molar-refractivity contribution in [1.82, 2.24) is 4.98 Å². The fourth-order valence-electron chi connectivity index (χ4n) is 1.14. The molecule has 1 heterocycles. The molecule has 0 spiro atoms. The summed E-state index contributed by atoms with van der Waals surface area (Å²) in [7, 11) is 0. The number of nitrogens with zero attached hydrogens (tertiary/aromatic N) is 1. The average Bonchev–Trinajstić information content (AvgIpc) is 2.16. The number of hydrogen-bond donors (Lipinski definition) is 0. The number of rotatable bonds is 2. The Morgan fingerprint density at radius 3 is 2.56 bits per heavy atom. The van der Waals surface area contributed by atoms with Gasteiger partial charge in [0.25, 0.3) is 0 Å². The van der Waals surface area contributed by atoms with Crippen LogP contribution < -0.4 is 0 Å². The van der Waals surface area contributed by atoms with Gasteiger partial charge in [0.1, 0.15) is 5.69 Å². The largest absolute Gasteiger partial charge is 0.461 e. The van der Waals surface area contributed by atoms with E-state index in [0.29, 0.717) is 6.07 Å². The second-order valence-electron chi connectivity index (χ2n) is 3.10. The van der Waals surface area contributed by atoms with Crippen molar-refractivity contribution in [3.8, 4) is 0 Å². The zero-order valence-corrected chi connectivity index (χ0v) is 8.76. The van der Waals surface area contributed by atoms with Crippen LogP contribution in [0.15, 0.2) is 12.1 Å². The molecule has 88 valence electrons. The molecule has 0 amide bonds. The second-order valence-corrected chi connectivity index (χ2v) is 3.10. The van der Waals surface area contributed by atoms with Gasteiger partial charge in [-0.25, -0.2) is 9.78 Å². The molecule has 0 fully saturated rings. The van der Waals surface area contributed by atoms with Gasteiger partial charge in [0.15, 0.2) is 0 Å². The molecule has 0 atom stereocenters. The number of esters is 1. The number of halogens is 3. The number of aromatic nitrogens is 1. The minimum Gasteiger partial charge on any atom is -0.461 e. The van der Waals surface area contributed by atoms with Crippen LogP contribution in [0.1, 0.15) is 28.7 Å². The predicted molar refractivity (Wildman–Crippen MR) is 49.9 cm³/mol. The molecule has 0 saturated carbocycles. The number of hydrogen-bond acceptors (Lipinski definition) is 3. The first-order valence-corrected chi connectivity index (χ1v) is 4.57. The summed E-state index contributed by atoms with van der Waals surface area (Å²) >= 11 is 0. The maximum Gasteiger partial charge on any atom is 0.416 e. The molecule has 1 aromatic rings. The van der Waals surface area contributed by atoms with Crippen molar-refractivity contribution in [3.63, 3.8) is 0 Å². The van der Waals surface area contributed by atoms with Gasteiger partial charge in [0, 0.05) is 5.69 Å². The molecule has 0 N–H and O–H groups in total. The SMILES string of the molecule is CCOC(=O)c1cc(C(F)(F)F)cc(C)n1. The molecular formula is C10H10F3NO2. The molecular weight excluding hydrogens is 223 g/mol. The maximum atomic E-state index is 12.4. The Bertz CT molecular complexity index is 402. The molecule has 0 unspecified atom stereocenters. The van der Waals surface area contributed by atoms with Gasteiger partial charge in [-0.15, -0.1) is 0 Å². The van der Waals surface area contributed by atoms with Gasteiger partial charge in [-0.2, -0.15) is 13.2 Å². The maximum absolute atomic E-state index is 12.4. The Balaban J connectivity index is 3.13. The van der Waals surface area contributed by atoms with Crippen LogP contribution in [-0.4, -0.2) is 17.6 Å². The smallest absolute Gasteiger partial charge is 0.416 e. The summed E-state index contributed by atoms with van der Waals surface area (Å²) in [4.78, 5) is 14.9. The summed E-state index contributed by atoms with van der Waals surface area (Å²) in [5, 5.41) is 0. The van der Waals surface area contributed by atoms with Gasteiger partial charge in [-0.3, -0.25) is 0 Å². The summed E-state index contributed by atoms with van der Waals surface area (Å²) in [5.74, 6) is -0.850. The van der Waals surface area contributed by atoms with Crippen LogP contribution in [0, 0.1) is 6.92 Å². The molecule has 6 heteroatoms. The lowest BCUT2D eigenvalue weighted by Gasteiger charge is -2.09. The molecule has 0 aromatic carbocycles. The Labute approximate surface area is 90.2 Å². The van der Waals surface area contributed by atoms with Gasteiger partial charge < -0.3 is 4.74 Å². The number of ether oxygens (including phenoxy) is 1. The Morgan fingerprint density at radius 2 is 2.06 bits per heavy atom. The molecule has 16 heavy (non-hydrogen) atoms. The molecule has 0 aliphatic rings. The number of pyridine rings is 1. The molecule has 0 saturated heterocycles. The topological polar surface area (TPSA) is 39.2 Å². The lowest BCUT2D eigenvalue weighted by atomic mass is 10.2. The van der Waals surface area contributed by atoms with E-state index < -0.39 is 17.7 Å². The highest BCUT2D eigenvalue weighted by molar-refractivity contribution is 5.87. The summed E-state index contributed by atoms with van der Waals surface area (Å²) in [6, 6.07) is 1.56. The zero-order valence-electron chi connectivity index (χ0n) is 8.76. The molecule has 1 aromatic heterocycles. The molecule has 0 aliphatic heterocycles. The van der Waals surface area contributed by atoms with E-state index in [1.54, 1.807) is 6.92 Å². The highest BCUT2D eigenvalue weighted by atomic mass is 19.4. The number of aryl methyl sites for hydroxylation is 1. The predicted octanol–water partition coefficient (Wildman–Crippen LogP) is 2.59. The van der Waals surface area contributed by atoms with E-state index in [1.165, 1.54) is 6.92 Å². The van der Waals surface area contributed by atoms with Crippen molar-refractivity contribution in [1.29, 1.82) is 0 Å². The van der Waals surface area contributed by atoms with Crippen LogP contribution in [0.5, 0.6) is 0 Å². The Kier molecular flexibility index (Phi) is 3.51. The van der Waals surface area contributed by atoms with Gasteiger partial charge in [-0.05, 0) is 26.0 Å². The van der Waals surface area contributed by atoms with E-state index >= 15 is 0 Å². The van der Waals surface area contributed by atoms with E-state index in [1.807, 2.05) is 0 Å². The van der Waals surface area contributed by atoms with Crippen molar-refractivity contribution in [2.75, 3.05) is 6.61 Å². The lowest BCUT2D eigenvalue weighted by molar-refractivity contribution is -0.137. The fraction of sp³-hybridized carbons (Fsp3) is 0.400. The number of alkyl halides is 3. The zero-order chi connectivity index (χ0) is 12.3. The van der Waals surface area contributed by atoms with Gasteiger partial charge in [0.05, 0.1) is 12.2 Å². The van der Waals surface area contributed by atoms with Crippen molar-refractivity contribution in [2.45, 2.75) is 20.0 Å². The summed E-state index contributed by atoms with van der Waals surface area (Å²) in [6.07, 6.45) is -4.49. The van der Waals surface area contributed by atoms with E-state index in [9.17, 15) is 18.0 Å². The molecule has 1 rings (SSSR count). The van der Waals surface area contributed by atoms with Crippen molar-refractivity contribution in [3.05, 3.63) is 29.1 Å². The first kappa shape index (κ1) is 12.5. The molecule has 3 nitrogen and oxygen atoms in total. The highest BCUT2D eigenvalue weighted by Gasteiger charge is 2.32. The van der Waals surface area contributed by atoms with Gasteiger partial charge >= 0.3 is 12.1 Å². The summed E-state index contributed by atoms with van der Waals surface area (Å²) in [5.41, 5.74) is -1.10. The van der Waals surface area contributed by atoms with Crippen LogP contribution in [0.25, 0.3) is 0 Å². The third kappa shape index (κ3) is 2.95. The molecule has 0 bridgehead atoms. The van der Waals surface area contributed by atoms with Crippen LogP contribution in [0.3, 0.4) is 0 Å². The Hall–Kier alpha value is -1.59. The van der Waals surface area contributed by atoms with Gasteiger partial charge in [-0.1, -0.05) is 0 Å². The van der Waals surface area contributed by atoms with E-state index in [2.05, 4.69) is 9.72 Å². The van der Waals surface area contributed by atoms with Crippen LogP contribution >= 0.6 is 0 Å². The van der Waals surface area contributed by atoms with Crippen molar-refractivity contribution < 1.29 is 22.7 Å². The molecule has 0 radical (unpaired) electrons. The van der Waals surface area contributed by atoms with E-state index in [4.69, 9.17) is 0 Å². The number of carbonyl (C=O) groups excluding carboxylic acids is 1. The Morgan fingerprint density at radius 1 is 1.44 bits per heavy atom. The quantitative estimate of drug-likeness (QED) is 0.737. The summed E-state index contributed by atoms with van der Waals surface area (Å²) < 4.78 is 41.8. The highest BCUT2D eigenvalue weighted by Crippen LogP contribution is 2.29. The van der Waals surface area contributed by atoms with Crippen LogP contribution in [-0.2, 0) is 10.9 Å².